The van der Waals surface area contributed by atoms with Gasteiger partial charge < -0.3 is 10.0 Å². The van der Waals surface area contributed by atoms with Crippen molar-refractivity contribution in [2.75, 3.05) is 13.1 Å². The van der Waals surface area contributed by atoms with E-state index in [0.29, 0.717) is 6.42 Å². The third-order valence-corrected chi connectivity index (χ3v) is 4.72. The lowest BCUT2D eigenvalue weighted by Crippen LogP contribution is -2.52. The van der Waals surface area contributed by atoms with E-state index in [4.69, 9.17) is 0 Å². The van der Waals surface area contributed by atoms with Crippen molar-refractivity contribution in [3.8, 4) is 0 Å². The Bertz CT molecular complexity index is 332. The molecule has 0 spiro atoms. The van der Waals surface area contributed by atoms with Crippen molar-refractivity contribution < 1.29 is 9.90 Å². The zero-order valence-corrected chi connectivity index (χ0v) is 12.5. The Kier molecular flexibility index (Phi) is 4.51. The van der Waals surface area contributed by atoms with Crippen molar-refractivity contribution in [1.29, 1.82) is 0 Å². The van der Waals surface area contributed by atoms with Gasteiger partial charge in [0.05, 0.1) is 0 Å². The molecule has 4 nitrogen and oxygen atoms in total. The molecule has 2 N–H and O–H groups in total. The Hall–Kier alpha value is -0.610. The summed E-state index contributed by atoms with van der Waals surface area (Å²) in [4.78, 5) is 14.0. The molecule has 1 saturated heterocycles. The molecule has 19 heavy (non-hydrogen) atoms. The highest BCUT2D eigenvalue weighted by atomic mass is 16.4. The fraction of sp³-hybridized carbons (Fsp3) is 0.933. The molecular formula is C15H28N2O2. The van der Waals surface area contributed by atoms with E-state index in [2.05, 4.69) is 10.2 Å². The van der Waals surface area contributed by atoms with Crippen LogP contribution in [-0.2, 0) is 4.79 Å². The van der Waals surface area contributed by atoms with Crippen molar-refractivity contribution in [2.45, 2.75) is 70.5 Å². The van der Waals surface area contributed by atoms with E-state index in [0.717, 1.165) is 24.9 Å². The number of carbonyl (C=O) groups is 1. The van der Waals surface area contributed by atoms with Crippen LogP contribution >= 0.6 is 0 Å². The van der Waals surface area contributed by atoms with E-state index >= 15 is 0 Å². The molecule has 0 amide bonds. The van der Waals surface area contributed by atoms with Gasteiger partial charge in [-0.2, -0.15) is 0 Å². The summed E-state index contributed by atoms with van der Waals surface area (Å²) >= 11 is 0. The fourth-order valence-electron chi connectivity index (χ4n) is 3.81. The van der Waals surface area contributed by atoms with Gasteiger partial charge >= 0.3 is 5.97 Å². The number of hydrogen-bond acceptors (Lipinski definition) is 3. The highest BCUT2D eigenvalue weighted by molar-refractivity contribution is 5.78. The summed E-state index contributed by atoms with van der Waals surface area (Å²) in [5.74, 6) is 0.189. The van der Waals surface area contributed by atoms with Gasteiger partial charge in [-0.15, -0.1) is 0 Å². The van der Waals surface area contributed by atoms with Gasteiger partial charge in [-0.3, -0.25) is 10.1 Å². The van der Waals surface area contributed by atoms with Crippen LogP contribution in [0.3, 0.4) is 0 Å². The van der Waals surface area contributed by atoms with Crippen LogP contribution in [0.25, 0.3) is 0 Å². The average molecular weight is 268 g/mol. The molecular weight excluding hydrogens is 240 g/mol. The molecule has 2 fully saturated rings. The maximum atomic E-state index is 11.4. The van der Waals surface area contributed by atoms with Crippen molar-refractivity contribution >= 4 is 5.97 Å². The van der Waals surface area contributed by atoms with Crippen molar-refractivity contribution in [1.82, 2.24) is 10.2 Å². The molecule has 2 rings (SSSR count). The molecule has 3 atom stereocenters. The molecule has 3 unspecified atom stereocenters. The lowest BCUT2D eigenvalue weighted by atomic mass is 9.94. The van der Waals surface area contributed by atoms with Gasteiger partial charge in [-0.05, 0) is 65.3 Å². The summed E-state index contributed by atoms with van der Waals surface area (Å²) in [6, 6.07) is 0.989. The Morgan fingerprint density at radius 2 is 2.21 bits per heavy atom. The number of nitrogens with zero attached hydrogens (tertiary/aromatic N) is 1. The minimum atomic E-state index is -0.785. The monoisotopic (exact) mass is 268 g/mol. The quantitative estimate of drug-likeness (QED) is 0.742. The van der Waals surface area contributed by atoms with Crippen LogP contribution in [-0.4, -0.2) is 46.7 Å². The maximum absolute atomic E-state index is 11.4. The predicted molar refractivity (Wildman–Crippen MR) is 76.2 cm³/mol. The first kappa shape index (κ1) is 14.8. The average Bonchev–Trinajstić information content (AvgIpc) is 2.89. The van der Waals surface area contributed by atoms with Gasteiger partial charge in [0, 0.05) is 18.6 Å². The van der Waals surface area contributed by atoms with E-state index in [9.17, 15) is 9.90 Å². The van der Waals surface area contributed by atoms with E-state index in [1.54, 1.807) is 0 Å². The highest BCUT2D eigenvalue weighted by Gasteiger charge is 2.38. The number of nitrogens with one attached hydrogen (secondary N) is 1. The Morgan fingerprint density at radius 1 is 1.47 bits per heavy atom. The number of fused-ring (bicyclic) bond motifs is 2. The van der Waals surface area contributed by atoms with Gasteiger partial charge in [0.25, 0.3) is 0 Å². The van der Waals surface area contributed by atoms with E-state index in [1.807, 2.05) is 20.8 Å². The standard InChI is InChI=1S/C15H28N2O2/c1-11(2)16-15(3,14(18)19)7-4-8-17-10-12-5-6-13(17)9-12/h11-13,16H,4-10H2,1-3H3,(H,18,19). The lowest BCUT2D eigenvalue weighted by molar-refractivity contribution is -0.144. The van der Waals surface area contributed by atoms with Crippen LogP contribution < -0.4 is 5.32 Å². The van der Waals surface area contributed by atoms with Crippen LogP contribution in [0.2, 0.25) is 0 Å². The molecule has 2 aliphatic rings. The second-order valence-electron chi connectivity index (χ2n) is 6.87. The Balaban J connectivity index is 1.78. The SMILES string of the molecule is CC(C)NC(C)(CCCN1CC2CCC1C2)C(=O)O. The molecule has 1 aliphatic carbocycles. The first-order valence-corrected chi connectivity index (χ1v) is 7.66. The smallest absolute Gasteiger partial charge is 0.323 e. The zero-order chi connectivity index (χ0) is 14.0. The predicted octanol–water partition coefficient (Wildman–Crippen LogP) is 2.09. The second-order valence-corrected chi connectivity index (χ2v) is 6.87. The summed E-state index contributed by atoms with van der Waals surface area (Å²) in [6.07, 6.45) is 5.80. The van der Waals surface area contributed by atoms with Gasteiger partial charge in [-0.1, -0.05) is 0 Å². The lowest BCUT2D eigenvalue weighted by Gasteiger charge is -2.31. The normalized spacial score (nSPS) is 29.9. The van der Waals surface area contributed by atoms with Crippen LogP contribution in [0.1, 0.15) is 52.9 Å². The van der Waals surface area contributed by atoms with Crippen LogP contribution in [0.15, 0.2) is 0 Å². The van der Waals surface area contributed by atoms with Crippen molar-refractivity contribution in [3.63, 3.8) is 0 Å². The summed E-state index contributed by atoms with van der Waals surface area (Å²) in [6.45, 7) is 8.11. The fourth-order valence-corrected chi connectivity index (χ4v) is 3.81. The molecule has 0 aromatic carbocycles. The molecule has 4 heteroatoms. The summed E-state index contributed by atoms with van der Waals surface area (Å²) in [7, 11) is 0. The molecule has 0 aromatic heterocycles. The van der Waals surface area contributed by atoms with Crippen LogP contribution in [0.4, 0.5) is 0 Å². The Morgan fingerprint density at radius 3 is 2.68 bits per heavy atom. The third kappa shape index (κ3) is 3.48. The summed E-state index contributed by atoms with van der Waals surface area (Å²) < 4.78 is 0. The third-order valence-electron chi connectivity index (χ3n) is 4.72. The van der Waals surface area contributed by atoms with E-state index in [1.165, 1.54) is 25.8 Å². The van der Waals surface area contributed by atoms with Gasteiger partial charge in [-0.25, -0.2) is 0 Å². The first-order chi connectivity index (χ1) is 8.90. The van der Waals surface area contributed by atoms with Gasteiger partial charge in [0.1, 0.15) is 5.54 Å². The second kappa shape index (κ2) is 5.80. The van der Waals surface area contributed by atoms with Crippen molar-refractivity contribution in [2.24, 2.45) is 5.92 Å². The van der Waals surface area contributed by atoms with Crippen LogP contribution in [0, 0.1) is 5.92 Å². The van der Waals surface area contributed by atoms with E-state index < -0.39 is 11.5 Å². The number of carboxylic acid groups (broad SMARTS) is 1. The van der Waals surface area contributed by atoms with Crippen molar-refractivity contribution in [3.05, 3.63) is 0 Å². The van der Waals surface area contributed by atoms with Gasteiger partial charge in [0.15, 0.2) is 0 Å². The number of likely N-dealkylation sites (tertiary alicyclic amines) is 1. The van der Waals surface area contributed by atoms with Crippen LogP contribution in [0.5, 0.6) is 0 Å². The largest absolute Gasteiger partial charge is 0.480 e. The molecule has 110 valence electrons. The number of piperidine rings is 1. The van der Waals surface area contributed by atoms with E-state index in [-0.39, 0.29) is 6.04 Å². The first-order valence-electron chi connectivity index (χ1n) is 7.66. The number of aliphatic carboxylic acids is 1. The topological polar surface area (TPSA) is 52.6 Å². The number of carboxylic acids is 1. The molecule has 1 saturated carbocycles. The highest BCUT2D eigenvalue weighted by Crippen LogP contribution is 2.37. The minimum Gasteiger partial charge on any atom is -0.480 e. The molecule has 0 radical (unpaired) electrons. The molecule has 1 aliphatic heterocycles. The van der Waals surface area contributed by atoms with Gasteiger partial charge in [0.2, 0.25) is 0 Å². The summed E-state index contributed by atoms with van der Waals surface area (Å²) in [5.41, 5.74) is -0.785. The molecule has 1 heterocycles. The Labute approximate surface area is 116 Å². The molecule has 2 bridgehead atoms. The zero-order valence-electron chi connectivity index (χ0n) is 12.5. The number of rotatable bonds is 7. The maximum Gasteiger partial charge on any atom is 0.323 e. The molecule has 0 aromatic rings. The minimum absolute atomic E-state index is 0.198. The summed E-state index contributed by atoms with van der Waals surface area (Å²) in [5, 5.41) is 12.6. The number of hydrogen-bond donors (Lipinski definition) is 2.